The predicted octanol–water partition coefficient (Wildman–Crippen LogP) is 2.27. The van der Waals surface area contributed by atoms with Gasteiger partial charge in [0.15, 0.2) is 5.96 Å². The van der Waals surface area contributed by atoms with Crippen LogP contribution in [-0.2, 0) is 11.3 Å². The minimum Gasteiger partial charge on any atom is -0.497 e. The maximum absolute atomic E-state index is 12.0. The van der Waals surface area contributed by atoms with Crippen LogP contribution in [0.1, 0.15) is 25.8 Å². The summed E-state index contributed by atoms with van der Waals surface area (Å²) in [6.07, 6.45) is 0.996. The van der Waals surface area contributed by atoms with Gasteiger partial charge in [0.2, 0.25) is 5.91 Å². The van der Waals surface area contributed by atoms with E-state index in [4.69, 9.17) is 9.47 Å². The molecule has 0 radical (unpaired) electrons. The summed E-state index contributed by atoms with van der Waals surface area (Å²) in [5, 5.41) is 3.48. The van der Waals surface area contributed by atoms with E-state index in [-0.39, 0.29) is 36.4 Å². The lowest BCUT2D eigenvalue weighted by Gasteiger charge is -2.37. The summed E-state index contributed by atoms with van der Waals surface area (Å²) in [5.41, 5.74) is 1.12. The molecule has 1 unspecified atom stereocenters. The van der Waals surface area contributed by atoms with Crippen LogP contribution in [0, 0.1) is 0 Å². The van der Waals surface area contributed by atoms with Crippen LogP contribution >= 0.6 is 24.0 Å². The molecule has 1 atom stereocenters. The molecule has 9 heteroatoms. The molecule has 0 aliphatic carbocycles. The molecule has 0 spiro atoms. The molecule has 2 rings (SSSR count). The van der Waals surface area contributed by atoms with Crippen molar-refractivity contribution in [2.24, 2.45) is 4.99 Å². The summed E-state index contributed by atoms with van der Waals surface area (Å²) in [5.74, 6) is 2.53. The number of benzene rings is 1. The number of likely N-dealkylation sites (N-methyl/N-ethyl adjacent to an activating group) is 1. The first-order chi connectivity index (χ1) is 14.4. The molecule has 1 aromatic carbocycles. The molecule has 0 aromatic heterocycles. The van der Waals surface area contributed by atoms with Crippen molar-refractivity contribution >= 4 is 35.8 Å². The van der Waals surface area contributed by atoms with E-state index in [1.54, 1.807) is 33.2 Å². The van der Waals surface area contributed by atoms with Gasteiger partial charge < -0.3 is 24.6 Å². The fourth-order valence-electron chi connectivity index (χ4n) is 3.21. The normalized spacial score (nSPS) is 15.7. The zero-order valence-corrected chi connectivity index (χ0v) is 22.0. The molecule has 1 heterocycles. The van der Waals surface area contributed by atoms with E-state index in [2.05, 4.69) is 34.0 Å². The zero-order chi connectivity index (χ0) is 22.1. The van der Waals surface area contributed by atoms with Crippen molar-refractivity contribution in [3.05, 3.63) is 23.8 Å². The van der Waals surface area contributed by atoms with Gasteiger partial charge in [0, 0.05) is 58.4 Å². The predicted molar refractivity (Wildman–Crippen MR) is 136 cm³/mol. The molecule has 1 N–H and O–H groups in total. The number of carbonyl (C=O) groups is 1. The van der Waals surface area contributed by atoms with Gasteiger partial charge in [-0.1, -0.05) is 6.92 Å². The highest BCUT2D eigenvalue weighted by Gasteiger charge is 2.22. The minimum atomic E-state index is 0. The molecule has 1 aliphatic rings. The van der Waals surface area contributed by atoms with Crippen LogP contribution in [0.5, 0.6) is 11.5 Å². The van der Waals surface area contributed by atoms with Gasteiger partial charge in [-0.15, -0.1) is 24.0 Å². The van der Waals surface area contributed by atoms with Crippen molar-refractivity contribution in [1.82, 2.24) is 20.0 Å². The number of halogens is 1. The summed E-state index contributed by atoms with van der Waals surface area (Å²) in [7, 11) is 6.88. The quantitative estimate of drug-likeness (QED) is 0.306. The third-order valence-electron chi connectivity index (χ3n) is 5.40. The van der Waals surface area contributed by atoms with E-state index in [0.29, 0.717) is 6.04 Å². The third kappa shape index (κ3) is 8.36. The van der Waals surface area contributed by atoms with Crippen molar-refractivity contribution in [2.45, 2.75) is 32.9 Å². The van der Waals surface area contributed by atoms with Gasteiger partial charge in [-0.25, -0.2) is 4.99 Å². The van der Waals surface area contributed by atoms with Crippen LogP contribution in [0.2, 0.25) is 0 Å². The highest BCUT2D eigenvalue weighted by Crippen LogP contribution is 2.25. The Kier molecular flexibility index (Phi) is 12.0. The van der Waals surface area contributed by atoms with Crippen molar-refractivity contribution < 1.29 is 14.3 Å². The first-order valence-electron chi connectivity index (χ1n) is 10.6. The number of piperazine rings is 1. The largest absolute Gasteiger partial charge is 0.497 e. The highest BCUT2D eigenvalue weighted by atomic mass is 127. The van der Waals surface area contributed by atoms with E-state index in [1.165, 1.54) is 0 Å². The summed E-state index contributed by atoms with van der Waals surface area (Å²) >= 11 is 0. The van der Waals surface area contributed by atoms with Crippen LogP contribution in [0.4, 0.5) is 0 Å². The Hall–Kier alpha value is -1.75. The number of aliphatic imine (C=N–C) groups is 1. The number of hydrogen-bond acceptors (Lipinski definition) is 5. The molecule has 31 heavy (non-hydrogen) atoms. The second kappa shape index (κ2) is 13.6. The summed E-state index contributed by atoms with van der Waals surface area (Å²) in [6.45, 7) is 8.75. The van der Waals surface area contributed by atoms with E-state index in [9.17, 15) is 4.79 Å². The van der Waals surface area contributed by atoms with Crippen molar-refractivity contribution in [1.29, 1.82) is 0 Å². The Morgan fingerprint density at radius 1 is 1.19 bits per heavy atom. The average molecular weight is 547 g/mol. The van der Waals surface area contributed by atoms with Crippen molar-refractivity contribution in [3.8, 4) is 11.5 Å². The fourth-order valence-corrected chi connectivity index (χ4v) is 3.21. The second-order valence-electron chi connectivity index (χ2n) is 7.82. The Balaban J connectivity index is 0.00000480. The molecule has 1 saturated heterocycles. The Morgan fingerprint density at radius 2 is 1.87 bits per heavy atom. The number of guanidine groups is 1. The Labute approximate surface area is 204 Å². The molecule has 176 valence electrons. The highest BCUT2D eigenvalue weighted by molar-refractivity contribution is 14.0. The van der Waals surface area contributed by atoms with Gasteiger partial charge >= 0.3 is 0 Å². The van der Waals surface area contributed by atoms with Gasteiger partial charge in [0.25, 0.3) is 0 Å². The minimum absolute atomic E-state index is 0. The number of hydrogen-bond donors (Lipinski definition) is 1. The number of nitrogens with zero attached hydrogens (tertiary/aromatic N) is 4. The van der Waals surface area contributed by atoms with E-state index in [1.807, 2.05) is 18.2 Å². The van der Waals surface area contributed by atoms with E-state index >= 15 is 0 Å². The molecule has 8 nitrogen and oxygen atoms in total. The molecule has 0 bridgehead atoms. The third-order valence-corrected chi connectivity index (χ3v) is 5.40. The molecule has 1 aliphatic heterocycles. The molecule has 1 fully saturated rings. The number of amides is 1. The monoisotopic (exact) mass is 547 g/mol. The first-order valence-corrected chi connectivity index (χ1v) is 10.6. The number of nitrogens with one attached hydrogen (secondary N) is 1. The van der Waals surface area contributed by atoms with Gasteiger partial charge in [-0.3, -0.25) is 9.69 Å². The number of ether oxygens (including phenoxy) is 2. The lowest BCUT2D eigenvalue weighted by Crippen LogP contribution is -2.53. The van der Waals surface area contributed by atoms with Crippen LogP contribution < -0.4 is 14.8 Å². The van der Waals surface area contributed by atoms with E-state index in [0.717, 1.165) is 62.2 Å². The SMILES string of the molecule is CCC(C)NC(=NCC(=O)N(C)C)N1CCN(Cc2cc(OC)ccc2OC)CC1.I. The van der Waals surface area contributed by atoms with Crippen molar-refractivity contribution in [3.63, 3.8) is 0 Å². The molecular formula is C22H38IN5O3. The van der Waals surface area contributed by atoms with Crippen LogP contribution in [0.15, 0.2) is 23.2 Å². The number of methoxy groups -OCH3 is 2. The Bertz CT molecular complexity index is 721. The average Bonchev–Trinajstić information content (AvgIpc) is 2.76. The van der Waals surface area contributed by atoms with Gasteiger partial charge in [0.1, 0.15) is 18.0 Å². The summed E-state index contributed by atoms with van der Waals surface area (Å²) in [6, 6.07) is 6.21. The van der Waals surface area contributed by atoms with Gasteiger partial charge in [0.05, 0.1) is 14.2 Å². The van der Waals surface area contributed by atoms with Crippen LogP contribution in [0.3, 0.4) is 0 Å². The van der Waals surface area contributed by atoms with Gasteiger partial charge in [-0.05, 0) is 31.5 Å². The Morgan fingerprint density at radius 3 is 2.42 bits per heavy atom. The fraction of sp³-hybridized carbons (Fsp3) is 0.636. The van der Waals surface area contributed by atoms with E-state index < -0.39 is 0 Å². The summed E-state index contributed by atoms with van der Waals surface area (Å²) < 4.78 is 10.9. The molecule has 1 amide bonds. The maximum atomic E-state index is 12.0. The maximum Gasteiger partial charge on any atom is 0.243 e. The topological polar surface area (TPSA) is 69.6 Å². The number of rotatable bonds is 8. The van der Waals surface area contributed by atoms with Crippen LogP contribution in [0.25, 0.3) is 0 Å². The van der Waals surface area contributed by atoms with Crippen LogP contribution in [-0.4, -0.2) is 93.6 Å². The van der Waals surface area contributed by atoms with Crippen molar-refractivity contribution in [2.75, 3.05) is 61.0 Å². The number of carbonyl (C=O) groups excluding carboxylic acids is 1. The lowest BCUT2D eigenvalue weighted by atomic mass is 10.1. The lowest BCUT2D eigenvalue weighted by molar-refractivity contribution is -0.127. The molecule has 1 aromatic rings. The van der Waals surface area contributed by atoms with Gasteiger partial charge in [-0.2, -0.15) is 0 Å². The molecule has 0 saturated carbocycles. The summed E-state index contributed by atoms with van der Waals surface area (Å²) in [4.78, 5) is 22.8. The second-order valence-corrected chi connectivity index (χ2v) is 7.82. The first kappa shape index (κ1) is 27.3. The standard InChI is InChI=1S/C22H37N5O3.HI/c1-7-17(2)24-22(23-15-21(28)25(3)4)27-12-10-26(11-13-27)16-18-14-19(29-5)8-9-20(18)30-6;/h8-9,14,17H,7,10-13,15-16H2,1-6H3,(H,23,24);1H. The smallest absolute Gasteiger partial charge is 0.243 e. The zero-order valence-electron chi connectivity index (χ0n) is 19.7. The molecular weight excluding hydrogens is 509 g/mol.